The maximum Gasteiger partial charge on any atom is 0.289 e. The lowest BCUT2D eigenvalue weighted by molar-refractivity contribution is -0.111. The summed E-state index contributed by atoms with van der Waals surface area (Å²) in [5.74, 6) is 4.63. The number of carbonyl (C=O) groups excluding carboxylic acids is 1. The van der Waals surface area contributed by atoms with E-state index in [-0.39, 0.29) is 5.76 Å². The zero-order valence-electron chi connectivity index (χ0n) is 7.34. The molecule has 1 aromatic rings. The Bertz CT molecular complexity index is 398. The molecule has 80 valence electrons. The fraction of sp³-hybridized carbons (Fsp3) is 0. The number of nitrogens with two attached hydrogens (primary N) is 1. The van der Waals surface area contributed by atoms with Crippen molar-refractivity contribution in [3.8, 4) is 0 Å². The molecule has 0 saturated carbocycles. The second-order valence-corrected chi connectivity index (χ2v) is 3.69. The molecule has 0 heterocycles. The van der Waals surface area contributed by atoms with Gasteiger partial charge in [0, 0.05) is 15.6 Å². The number of hydrogen-bond acceptors (Lipinski definition) is 3. The summed E-state index contributed by atoms with van der Waals surface area (Å²) in [6.45, 7) is 0. The molecule has 1 aromatic carbocycles. The highest BCUT2D eigenvalue weighted by Gasteiger charge is 2.10. The Kier molecular flexibility index (Phi) is 4.42. The second-order valence-electron chi connectivity index (χ2n) is 2.54. The van der Waals surface area contributed by atoms with E-state index in [4.69, 9.17) is 40.7 Å². The van der Waals surface area contributed by atoms with Crippen molar-refractivity contribution < 1.29 is 9.63 Å². The predicted octanol–water partition coefficient (Wildman–Crippen LogP) is 2.99. The third-order valence-electron chi connectivity index (χ3n) is 1.60. The summed E-state index contributed by atoms with van der Waals surface area (Å²) >= 11 is 16.9. The first kappa shape index (κ1) is 12.3. The van der Waals surface area contributed by atoms with E-state index in [0.717, 1.165) is 0 Å². The fourth-order valence-electron chi connectivity index (χ4n) is 0.917. The van der Waals surface area contributed by atoms with E-state index in [9.17, 15) is 4.79 Å². The molecule has 2 N–H and O–H groups in total. The number of rotatable bonds is 3. The van der Waals surface area contributed by atoms with Gasteiger partial charge >= 0.3 is 0 Å². The van der Waals surface area contributed by atoms with Crippen molar-refractivity contribution in [2.75, 3.05) is 0 Å². The summed E-state index contributed by atoms with van der Waals surface area (Å²) in [5.41, 5.74) is 0.426. The average molecular weight is 267 g/mol. The Balaban J connectivity index is 3.22. The van der Waals surface area contributed by atoms with E-state index in [1.807, 2.05) is 0 Å². The van der Waals surface area contributed by atoms with Crippen LogP contribution in [0.15, 0.2) is 24.0 Å². The van der Waals surface area contributed by atoms with Crippen LogP contribution in [-0.4, -0.2) is 5.24 Å². The Morgan fingerprint density at radius 3 is 2.27 bits per heavy atom. The lowest BCUT2D eigenvalue weighted by Crippen LogP contribution is -2.04. The summed E-state index contributed by atoms with van der Waals surface area (Å²) in [6.07, 6.45) is 1.28. The molecule has 0 unspecified atom stereocenters. The van der Waals surface area contributed by atoms with Crippen molar-refractivity contribution in [1.82, 2.24) is 0 Å². The molecular formula is C9H6Cl3NO2. The molecule has 0 spiro atoms. The Hall–Kier alpha value is -0.740. The Morgan fingerprint density at radius 2 is 1.87 bits per heavy atom. The van der Waals surface area contributed by atoms with Crippen LogP contribution in [0.2, 0.25) is 10.0 Å². The van der Waals surface area contributed by atoms with Gasteiger partial charge in [0.05, 0.1) is 0 Å². The molecule has 1 rings (SSSR count). The Morgan fingerprint density at radius 1 is 1.33 bits per heavy atom. The van der Waals surface area contributed by atoms with Gasteiger partial charge in [0.25, 0.3) is 5.24 Å². The number of benzene rings is 1. The topological polar surface area (TPSA) is 52.3 Å². The number of halogens is 3. The highest BCUT2D eigenvalue weighted by molar-refractivity contribution is 6.67. The van der Waals surface area contributed by atoms with Gasteiger partial charge in [0.1, 0.15) is 0 Å². The van der Waals surface area contributed by atoms with Gasteiger partial charge in [-0.3, -0.25) is 4.79 Å². The van der Waals surface area contributed by atoms with Crippen molar-refractivity contribution in [2.45, 2.75) is 0 Å². The molecule has 0 atom stereocenters. The quantitative estimate of drug-likeness (QED) is 0.396. The van der Waals surface area contributed by atoms with E-state index in [1.165, 1.54) is 6.08 Å². The Labute approximate surface area is 101 Å². The summed E-state index contributed by atoms with van der Waals surface area (Å²) in [5, 5.41) is -0.0848. The van der Waals surface area contributed by atoms with Gasteiger partial charge in [-0.1, -0.05) is 29.3 Å². The molecule has 0 bridgehead atoms. The smallest absolute Gasteiger partial charge is 0.289 e. The number of allylic oxidation sites excluding steroid dienone is 1. The van der Waals surface area contributed by atoms with E-state index in [2.05, 4.69) is 4.84 Å². The molecule has 3 nitrogen and oxygen atoms in total. The van der Waals surface area contributed by atoms with Crippen molar-refractivity contribution in [3.63, 3.8) is 0 Å². The first-order valence-electron chi connectivity index (χ1n) is 3.78. The van der Waals surface area contributed by atoms with Crippen LogP contribution in [0.3, 0.4) is 0 Å². The second kappa shape index (κ2) is 5.37. The zero-order valence-corrected chi connectivity index (χ0v) is 9.60. The molecule has 0 radical (unpaired) electrons. The predicted molar refractivity (Wildman–Crippen MR) is 60.6 cm³/mol. The molecule has 0 aliphatic carbocycles. The molecule has 6 heteroatoms. The first-order chi connectivity index (χ1) is 7.06. The fourth-order valence-corrected chi connectivity index (χ4v) is 1.52. The van der Waals surface area contributed by atoms with Gasteiger partial charge in [-0.2, -0.15) is 5.90 Å². The van der Waals surface area contributed by atoms with Gasteiger partial charge < -0.3 is 4.84 Å². The van der Waals surface area contributed by atoms with E-state index in [0.29, 0.717) is 15.6 Å². The summed E-state index contributed by atoms with van der Waals surface area (Å²) in [6, 6.07) is 4.91. The van der Waals surface area contributed by atoms with Crippen LogP contribution in [0.5, 0.6) is 0 Å². The summed E-state index contributed by atoms with van der Waals surface area (Å²) in [4.78, 5) is 15.1. The maximum absolute atomic E-state index is 10.8. The molecule has 15 heavy (non-hydrogen) atoms. The van der Waals surface area contributed by atoms with Crippen molar-refractivity contribution >= 4 is 46.1 Å². The van der Waals surface area contributed by atoms with Crippen molar-refractivity contribution in [1.29, 1.82) is 0 Å². The van der Waals surface area contributed by atoms with E-state index < -0.39 is 5.24 Å². The van der Waals surface area contributed by atoms with Crippen LogP contribution < -0.4 is 5.90 Å². The molecule has 0 aliphatic heterocycles. The lowest BCUT2D eigenvalue weighted by atomic mass is 10.2. The molecule has 0 fully saturated rings. The first-order valence-corrected chi connectivity index (χ1v) is 4.92. The van der Waals surface area contributed by atoms with Gasteiger partial charge in [-0.15, -0.1) is 0 Å². The summed E-state index contributed by atoms with van der Waals surface area (Å²) < 4.78 is 0. The molecule has 0 aliphatic rings. The molecule has 0 saturated heterocycles. The van der Waals surface area contributed by atoms with Gasteiger partial charge in [-0.25, -0.2) is 0 Å². The highest BCUT2D eigenvalue weighted by Crippen LogP contribution is 2.26. The standard InChI is InChI=1S/C9H6Cl3NO2/c10-6-2-1-3-7(11)5(6)4-8(15-13)9(12)14/h1-4H,13H2. The number of hydrogen-bond donors (Lipinski definition) is 1. The van der Waals surface area contributed by atoms with Gasteiger partial charge in [0.2, 0.25) is 5.76 Å². The van der Waals surface area contributed by atoms with Gasteiger partial charge in [-0.05, 0) is 29.8 Å². The molecular weight excluding hydrogens is 260 g/mol. The lowest BCUT2D eigenvalue weighted by Gasteiger charge is -2.03. The minimum atomic E-state index is -0.825. The minimum absolute atomic E-state index is 0.230. The van der Waals surface area contributed by atoms with Crippen molar-refractivity contribution in [2.24, 2.45) is 5.90 Å². The van der Waals surface area contributed by atoms with Crippen LogP contribution in [-0.2, 0) is 9.63 Å². The highest BCUT2D eigenvalue weighted by atomic mass is 35.5. The van der Waals surface area contributed by atoms with Crippen LogP contribution in [0.25, 0.3) is 6.08 Å². The number of carbonyl (C=O) groups is 1. The van der Waals surface area contributed by atoms with Crippen molar-refractivity contribution in [3.05, 3.63) is 39.6 Å². The van der Waals surface area contributed by atoms with Crippen LogP contribution in [0.1, 0.15) is 5.56 Å². The van der Waals surface area contributed by atoms with Crippen LogP contribution in [0.4, 0.5) is 0 Å². The summed E-state index contributed by atoms with van der Waals surface area (Å²) in [7, 11) is 0. The van der Waals surface area contributed by atoms with E-state index >= 15 is 0 Å². The largest absolute Gasteiger partial charge is 0.406 e. The average Bonchev–Trinajstić information content (AvgIpc) is 2.17. The normalized spacial score (nSPS) is 11.3. The SMILES string of the molecule is NOC(=Cc1c(Cl)cccc1Cl)C(=O)Cl. The van der Waals surface area contributed by atoms with E-state index in [1.54, 1.807) is 18.2 Å². The monoisotopic (exact) mass is 265 g/mol. The minimum Gasteiger partial charge on any atom is -0.406 e. The third kappa shape index (κ3) is 3.11. The third-order valence-corrected chi connectivity index (χ3v) is 2.44. The molecule has 0 amide bonds. The van der Waals surface area contributed by atoms with Crippen LogP contribution >= 0.6 is 34.8 Å². The maximum atomic E-state index is 10.8. The molecule has 0 aromatic heterocycles. The van der Waals surface area contributed by atoms with Crippen LogP contribution in [0, 0.1) is 0 Å². The van der Waals surface area contributed by atoms with Gasteiger partial charge in [0.15, 0.2) is 0 Å². The zero-order chi connectivity index (χ0) is 11.4.